The Morgan fingerprint density at radius 3 is 2.95 bits per heavy atom. The number of amides is 1. The fraction of sp³-hybridized carbons (Fsp3) is 0.538. The Kier molecular flexibility index (Phi) is 10.6. The van der Waals surface area contributed by atoms with Crippen molar-refractivity contribution in [2.45, 2.75) is 25.3 Å². The molecule has 0 bridgehead atoms. The summed E-state index contributed by atoms with van der Waals surface area (Å²) in [5.41, 5.74) is 6.81. The number of nitrogens with one attached hydrogen (secondary N) is 1. The standard InChI is InChI=1S/C13H21N3OS.ClH/c1-18-10-7-12(14)13(17)16-9-4-6-11-5-2-3-8-15-11;/h2-3,5,8,12H,4,6-7,9-10,14H2,1H3,(H,16,17);1H. The number of aryl methyl sites for hydroxylation is 1. The maximum absolute atomic E-state index is 11.6. The minimum Gasteiger partial charge on any atom is -0.355 e. The zero-order valence-electron chi connectivity index (χ0n) is 11.2. The lowest BCUT2D eigenvalue weighted by Gasteiger charge is -2.11. The Labute approximate surface area is 125 Å². The molecule has 0 aliphatic rings. The summed E-state index contributed by atoms with van der Waals surface area (Å²) in [6, 6.07) is 5.48. The molecule has 0 spiro atoms. The van der Waals surface area contributed by atoms with Gasteiger partial charge >= 0.3 is 0 Å². The van der Waals surface area contributed by atoms with E-state index in [9.17, 15) is 4.79 Å². The van der Waals surface area contributed by atoms with Gasteiger partial charge < -0.3 is 11.1 Å². The second kappa shape index (κ2) is 11.1. The molecule has 1 rings (SSSR count). The molecule has 3 N–H and O–H groups in total. The number of nitrogens with two attached hydrogens (primary N) is 1. The van der Waals surface area contributed by atoms with E-state index < -0.39 is 0 Å². The molecule has 1 atom stereocenters. The molecule has 4 nitrogen and oxygen atoms in total. The van der Waals surface area contributed by atoms with Gasteiger partial charge in [0.15, 0.2) is 0 Å². The highest BCUT2D eigenvalue weighted by Crippen LogP contribution is 1.99. The molecule has 0 aliphatic heterocycles. The molecule has 1 unspecified atom stereocenters. The van der Waals surface area contributed by atoms with Crippen molar-refractivity contribution in [2.75, 3.05) is 18.6 Å². The van der Waals surface area contributed by atoms with Gasteiger partial charge in [0.1, 0.15) is 0 Å². The van der Waals surface area contributed by atoms with Gasteiger partial charge in [-0.15, -0.1) is 12.4 Å². The van der Waals surface area contributed by atoms with Crippen LogP contribution in [0.2, 0.25) is 0 Å². The molecule has 1 aromatic rings. The number of hydrogen-bond donors (Lipinski definition) is 2. The second-order valence-electron chi connectivity index (χ2n) is 4.10. The third kappa shape index (κ3) is 8.08. The first-order chi connectivity index (χ1) is 8.74. The smallest absolute Gasteiger partial charge is 0.236 e. The Morgan fingerprint density at radius 2 is 2.32 bits per heavy atom. The number of hydrogen-bond acceptors (Lipinski definition) is 4. The van der Waals surface area contributed by atoms with Gasteiger partial charge in [0.25, 0.3) is 0 Å². The molecule has 1 amide bonds. The van der Waals surface area contributed by atoms with E-state index in [0.29, 0.717) is 6.54 Å². The fourth-order valence-corrected chi connectivity index (χ4v) is 2.02. The molecule has 19 heavy (non-hydrogen) atoms. The molecule has 0 aliphatic carbocycles. The third-order valence-corrected chi connectivity index (χ3v) is 3.25. The van der Waals surface area contributed by atoms with E-state index in [4.69, 9.17) is 5.73 Å². The SMILES string of the molecule is CSCCC(N)C(=O)NCCCc1ccccn1.Cl. The molecule has 0 saturated heterocycles. The van der Waals surface area contributed by atoms with Crippen LogP contribution in [0.5, 0.6) is 0 Å². The van der Waals surface area contributed by atoms with E-state index in [1.165, 1.54) is 0 Å². The van der Waals surface area contributed by atoms with E-state index in [0.717, 1.165) is 30.7 Å². The zero-order chi connectivity index (χ0) is 13.2. The molecular formula is C13H22ClN3OS. The summed E-state index contributed by atoms with van der Waals surface area (Å²) < 4.78 is 0. The number of halogens is 1. The molecular weight excluding hydrogens is 282 g/mol. The van der Waals surface area contributed by atoms with Gasteiger partial charge in [-0.3, -0.25) is 9.78 Å². The third-order valence-electron chi connectivity index (χ3n) is 2.60. The summed E-state index contributed by atoms with van der Waals surface area (Å²) in [7, 11) is 0. The number of pyridine rings is 1. The highest BCUT2D eigenvalue weighted by Gasteiger charge is 2.11. The summed E-state index contributed by atoms with van der Waals surface area (Å²) in [4.78, 5) is 15.8. The van der Waals surface area contributed by atoms with Gasteiger partial charge in [-0.1, -0.05) is 6.07 Å². The van der Waals surface area contributed by atoms with Gasteiger partial charge in [0.05, 0.1) is 6.04 Å². The second-order valence-corrected chi connectivity index (χ2v) is 5.09. The first kappa shape index (κ1) is 18.2. The van der Waals surface area contributed by atoms with Crippen molar-refractivity contribution in [3.8, 4) is 0 Å². The van der Waals surface area contributed by atoms with Crippen molar-refractivity contribution < 1.29 is 4.79 Å². The first-order valence-corrected chi connectivity index (χ1v) is 7.55. The molecule has 0 saturated carbocycles. The van der Waals surface area contributed by atoms with Gasteiger partial charge in [0.2, 0.25) is 5.91 Å². The number of aromatic nitrogens is 1. The number of rotatable bonds is 8. The normalized spacial score (nSPS) is 11.5. The van der Waals surface area contributed by atoms with Gasteiger partial charge in [-0.05, 0) is 43.4 Å². The topological polar surface area (TPSA) is 68.0 Å². The van der Waals surface area contributed by atoms with Crippen molar-refractivity contribution in [1.29, 1.82) is 0 Å². The Morgan fingerprint density at radius 1 is 1.53 bits per heavy atom. The van der Waals surface area contributed by atoms with Crippen molar-refractivity contribution in [3.05, 3.63) is 30.1 Å². The van der Waals surface area contributed by atoms with E-state index in [2.05, 4.69) is 10.3 Å². The van der Waals surface area contributed by atoms with Crippen LogP contribution in [0.25, 0.3) is 0 Å². The predicted molar refractivity (Wildman–Crippen MR) is 83.8 cm³/mol. The van der Waals surface area contributed by atoms with Gasteiger partial charge in [-0.25, -0.2) is 0 Å². The Balaban J connectivity index is 0.00000324. The van der Waals surface area contributed by atoms with Gasteiger partial charge in [0, 0.05) is 18.4 Å². The maximum Gasteiger partial charge on any atom is 0.236 e. The minimum atomic E-state index is -0.382. The zero-order valence-corrected chi connectivity index (χ0v) is 12.8. The largest absolute Gasteiger partial charge is 0.355 e. The van der Waals surface area contributed by atoms with Crippen molar-refractivity contribution in [2.24, 2.45) is 5.73 Å². The van der Waals surface area contributed by atoms with Crippen molar-refractivity contribution in [3.63, 3.8) is 0 Å². The summed E-state index contributed by atoms with van der Waals surface area (Å²) >= 11 is 1.70. The Hall–Kier alpha value is -0.780. The highest BCUT2D eigenvalue weighted by molar-refractivity contribution is 7.98. The number of thioether (sulfide) groups is 1. The monoisotopic (exact) mass is 303 g/mol. The highest BCUT2D eigenvalue weighted by atomic mass is 35.5. The number of carbonyl (C=O) groups is 1. The quantitative estimate of drug-likeness (QED) is 0.716. The first-order valence-electron chi connectivity index (χ1n) is 6.16. The average Bonchev–Trinajstić information content (AvgIpc) is 2.41. The Bertz CT molecular complexity index is 351. The van der Waals surface area contributed by atoms with Crippen LogP contribution in [0.4, 0.5) is 0 Å². The van der Waals surface area contributed by atoms with E-state index >= 15 is 0 Å². The van der Waals surface area contributed by atoms with Crippen LogP contribution in [-0.4, -0.2) is 35.5 Å². The van der Waals surface area contributed by atoms with Crippen molar-refractivity contribution in [1.82, 2.24) is 10.3 Å². The van der Waals surface area contributed by atoms with Crippen LogP contribution in [0.3, 0.4) is 0 Å². The molecule has 108 valence electrons. The van der Waals surface area contributed by atoms with Gasteiger partial charge in [-0.2, -0.15) is 11.8 Å². The summed E-state index contributed by atoms with van der Waals surface area (Å²) in [5.74, 6) is 0.868. The van der Waals surface area contributed by atoms with Crippen LogP contribution >= 0.6 is 24.2 Å². The van der Waals surface area contributed by atoms with Crippen LogP contribution in [0.15, 0.2) is 24.4 Å². The minimum absolute atomic E-state index is 0. The van der Waals surface area contributed by atoms with Crippen molar-refractivity contribution >= 4 is 30.1 Å². The molecule has 1 heterocycles. The fourth-order valence-electron chi connectivity index (χ4n) is 1.53. The summed E-state index contributed by atoms with van der Waals surface area (Å²) in [5, 5.41) is 2.86. The van der Waals surface area contributed by atoms with Crippen LogP contribution in [-0.2, 0) is 11.2 Å². The van der Waals surface area contributed by atoms with E-state index in [1.54, 1.807) is 18.0 Å². The lowest BCUT2D eigenvalue weighted by atomic mass is 10.2. The van der Waals surface area contributed by atoms with E-state index in [-0.39, 0.29) is 24.4 Å². The molecule has 0 fully saturated rings. The lowest BCUT2D eigenvalue weighted by Crippen LogP contribution is -2.41. The molecule has 0 radical (unpaired) electrons. The van der Waals surface area contributed by atoms with Crippen LogP contribution in [0.1, 0.15) is 18.5 Å². The number of carbonyl (C=O) groups excluding carboxylic acids is 1. The van der Waals surface area contributed by atoms with Crippen LogP contribution < -0.4 is 11.1 Å². The number of nitrogens with zero attached hydrogens (tertiary/aromatic N) is 1. The maximum atomic E-state index is 11.6. The lowest BCUT2D eigenvalue weighted by molar-refractivity contribution is -0.122. The predicted octanol–water partition coefficient (Wildman–Crippen LogP) is 1.63. The molecule has 0 aromatic carbocycles. The summed E-state index contributed by atoms with van der Waals surface area (Å²) in [6.45, 7) is 0.655. The summed E-state index contributed by atoms with van der Waals surface area (Å²) in [6.07, 6.45) is 6.29. The molecule has 1 aromatic heterocycles. The van der Waals surface area contributed by atoms with E-state index in [1.807, 2.05) is 24.5 Å². The average molecular weight is 304 g/mol. The molecule has 6 heteroatoms. The van der Waals surface area contributed by atoms with Crippen LogP contribution in [0, 0.1) is 0 Å².